The highest BCUT2D eigenvalue weighted by atomic mass is 35.5. The minimum absolute atomic E-state index is 0.0327. The molecule has 2 amide bonds. The number of halogens is 1. The van der Waals surface area contributed by atoms with E-state index < -0.39 is 0 Å². The van der Waals surface area contributed by atoms with Gasteiger partial charge in [0.05, 0.1) is 0 Å². The molecule has 0 N–H and O–H groups in total. The molecule has 1 aliphatic heterocycles. The third kappa shape index (κ3) is 4.45. The van der Waals surface area contributed by atoms with Gasteiger partial charge in [0.2, 0.25) is 5.91 Å². The van der Waals surface area contributed by atoms with Crippen LogP contribution in [0.2, 0.25) is 5.02 Å². The number of rotatable bonds is 3. The van der Waals surface area contributed by atoms with Crippen molar-refractivity contribution in [1.29, 1.82) is 0 Å². The Balaban J connectivity index is 1.54. The molecule has 0 atom stereocenters. The molecule has 25 heavy (non-hydrogen) atoms. The normalized spacial score (nSPS) is 14.8. The molecule has 2 aromatic rings. The van der Waals surface area contributed by atoms with Crippen molar-refractivity contribution >= 4 is 29.5 Å². The first-order valence-electron chi connectivity index (χ1n) is 8.05. The number of pyridine rings is 1. The zero-order valence-corrected chi connectivity index (χ0v) is 14.4. The zero-order chi connectivity index (χ0) is 17.6. The van der Waals surface area contributed by atoms with E-state index in [4.69, 9.17) is 11.6 Å². The van der Waals surface area contributed by atoms with Crippen LogP contribution in [0.3, 0.4) is 0 Å². The molecule has 5 nitrogen and oxygen atoms in total. The monoisotopic (exact) mass is 355 g/mol. The first-order valence-corrected chi connectivity index (χ1v) is 8.43. The zero-order valence-electron chi connectivity index (χ0n) is 13.6. The van der Waals surface area contributed by atoms with Crippen molar-refractivity contribution in [1.82, 2.24) is 14.8 Å². The highest BCUT2D eigenvalue weighted by Crippen LogP contribution is 2.13. The predicted octanol–water partition coefficient (Wildman–Crippen LogP) is 2.73. The van der Waals surface area contributed by atoms with E-state index in [1.807, 2.05) is 12.1 Å². The van der Waals surface area contributed by atoms with Crippen LogP contribution in [0.25, 0.3) is 6.08 Å². The van der Waals surface area contributed by atoms with Crippen LogP contribution in [0, 0.1) is 0 Å². The fourth-order valence-electron chi connectivity index (χ4n) is 2.65. The van der Waals surface area contributed by atoms with Gasteiger partial charge in [-0.1, -0.05) is 17.7 Å². The summed E-state index contributed by atoms with van der Waals surface area (Å²) in [6.07, 6.45) is 6.69. The van der Waals surface area contributed by atoms with E-state index >= 15 is 0 Å². The Morgan fingerprint density at radius 2 is 1.68 bits per heavy atom. The summed E-state index contributed by atoms with van der Waals surface area (Å²) in [6.45, 7) is 2.09. The topological polar surface area (TPSA) is 53.5 Å². The molecule has 0 bridgehead atoms. The smallest absolute Gasteiger partial charge is 0.253 e. The standard InChI is InChI=1S/C19H18ClN3O2/c20-17-6-4-16(5-7-17)19(25)23-12-10-22(11-13-23)18(24)8-3-15-2-1-9-21-14-15/h1-9,14H,10-13H2/b8-3+. The third-order valence-electron chi connectivity index (χ3n) is 4.07. The van der Waals surface area contributed by atoms with Gasteiger partial charge in [-0.2, -0.15) is 0 Å². The number of carbonyl (C=O) groups excluding carboxylic acids is 2. The second-order valence-electron chi connectivity index (χ2n) is 5.74. The van der Waals surface area contributed by atoms with Crippen LogP contribution in [0.15, 0.2) is 54.9 Å². The lowest BCUT2D eigenvalue weighted by Crippen LogP contribution is -2.50. The molecule has 0 spiro atoms. The number of hydrogen-bond donors (Lipinski definition) is 0. The van der Waals surface area contributed by atoms with Crippen molar-refractivity contribution in [2.24, 2.45) is 0 Å². The Bertz CT molecular complexity index is 767. The second kappa shape index (κ2) is 7.94. The number of hydrogen-bond acceptors (Lipinski definition) is 3. The van der Waals surface area contributed by atoms with Crippen LogP contribution in [-0.2, 0) is 4.79 Å². The molecule has 1 fully saturated rings. The molecule has 3 rings (SSSR count). The van der Waals surface area contributed by atoms with E-state index in [1.54, 1.807) is 58.6 Å². The summed E-state index contributed by atoms with van der Waals surface area (Å²) in [5, 5.41) is 0.604. The minimum atomic E-state index is -0.0533. The highest BCUT2D eigenvalue weighted by molar-refractivity contribution is 6.30. The van der Waals surface area contributed by atoms with Crippen molar-refractivity contribution in [2.45, 2.75) is 0 Å². The molecule has 0 unspecified atom stereocenters. The number of nitrogens with zero attached hydrogens (tertiary/aromatic N) is 3. The molecule has 1 aromatic carbocycles. The maximum absolute atomic E-state index is 12.5. The molecule has 0 saturated carbocycles. The average molecular weight is 356 g/mol. The van der Waals surface area contributed by atoms with Gasteiger partial charge in [-0.3, -0.25) is 14.6 Å². The van der Waals surface area contributed by atoms with Crippen molar-refractivity contribution in [2.75, 3.05) is 26.2 Å². The summed E-state index contributed by atoms with van der Waals surface area (Å²) in [4.78, 5) is 32.2. The molecular formula is C19H18ClN3O2. The summed E-state index contributed by atoms with van der Waals surface area (Å²) < 4.78 is 0. The Kier molecular flexibility index (Phi) is 5.46. The molecule has 1 saturated heterocycles. The number of carbonyl (C=O) groups is 2. The minimum Gasteiger partial charge on any atom is -0.336 e. The van der Waals surface area contributed by atoms with Gasteiger partial charge in [-0.05, 0) is 42.0 Å². The largest absolute Gasteiger partial charge is 0.336 e. The molecule has 2 heterocycles. The number of amides is 2. The molecule has 1 aromatic heterocycles. The van der Waals surface area contributed by atoms with Crippen molar-refractivity contribution in [3.05, 3.63) is 71.0 Å². The van der Waals surface area contributed by atoms with Gasteiger partial charge in [0.1, 0.15) is 0 Å². The first kappa shape index (κ1) is 17.2. The van der Waals surface area contributed by atoms with E-state index in [0.717, 1.165) is 5.56 Å². The van der Waals surface area contributed by atoms with Gasteiger partial charge >= 0.3 is 0 Å². The first-order chi connectivity index (χ1) is 12.1. The van der Waals surface area contributed by atoms with Gasteiger partial charge in [0.25, 0.3) is 5.91 Å². The summed E-state index contributed by atoms with van der Waals surface area (Å²) in [6, 6.07) is 10.6. The highest BCUT2D eigenvalue weighted by Gasteiger charge is 2.23. The van der Waals surface area contributed by atoms with Gasteiger partial charge in [0.15, 0.2) is 0 Å². The van der Waals surface area contributed by atoms with Gasteiger partial charge < -0.3 is 9.80 Å². The summed E-state index contributed by atoms with van der Waals surface area (Å²) in [5.74, 6) is -0.0860. The Morgan fingerprint density at radius 1 is 1.00 bits per heavy atom. The quantitative estimate of drug-likeness (QED) is 0.795. The van der Waals surface area contributed by atoms with Crippen LogP contribution in [-0.4, -0.2) is 52.8 Å². The fraction of sp³-hybridized carbons (Fsp3) is 0.211. The number of aromatic nitrogens is 1. The number of benzene rings is 1. The SMILES string of the molecule is O=C(/C=C/c1cccnc1)N1CCN(C(=O)c2ccc(Cl)cc2)CC1. The molecule has 6 heteroatoms. The van der Waals surface area contributed by atoms with Gasteiger partial charge in [-0.15, -0.1) is 0 Å². The van der Waals surface area contributed by atoms with Gasteiger partial charge in [-0.25, -0.2) is 0 Å². The van der Waals surface area contributed by atoms with Crippen molar-refractivity contribution in [3.63, 3.8) is 0 Å². The lowest BCUT2D eigenvalue weighted by molar-refractivity contribution is -0.127. The van der Waals surface area contributed by atoms with Crippen LogP contribution in [0.1, 0.15) is 15.9 Å². The average Bonchev–Trinajstić information content (AvgIpc) is 2.67. The van der Waals surface area contributed by atoms with E-state index in [0.29, 0.717) is 36.8 Å². The Hall–Kier alpha value is -2.66. The summed E-state index contributed by atoms with van der Waals surface area (Å²) in [7, 11) is 0. The Morgan fingerprint density at radius 3 is 2.32 bits per heavy atom. The molecule has 0 radical (unpaired) electrons. The van der Waals surface area contributed by atoms with E-state index in [2.05, 4.69) is 4.98 Å². The lowest BCUT2D eigenvalue weighted by atomic mass is 10.2. The van der Waals surface area contributed by atoms with Crippen LogP contribution in [0.5, 0.6) is 0 Å². The molecular weight excluding hydrogens is 338 g/mol. The third-order valence-corrected chi connectivity index (χ3v) is 4.32. The van der Waals surface area contributed by atoms with Crippen LogP contribution < -0.4 is 0 Å². The van der Waals surface area contributed by atoms with Gasteiger partial charge in [0, 0.05) is 55.2 Å². The number of piperazine rings is 1. The van der Waals surface area contributed by atoms with Crippen molar-refractivity contribution < 1.29 is 9.59 Å². The lowest BCUT2D eigenvalue weighted by Gasteiger charge is -2.34. The maximum Gasteiger partial charge on any atom is 0.253 e. The van der Waals surface area contributed by atoms with E-state index in [-0.39, 0.29) is 11.8 Å². The molecule has 0 aliphatic carbocycles. The second-order valence-corrected chi connectivity index (χ2v) is 6.18. The maximum atomic E-state index is 12.5. The fourth-order valence-corrected chi connectivity index (χ4v) is 2.78. The van der Waals surface area contributed by atoms with Crippen LogP contribution in [0.4, 0.5) is 0 Å². The van der Waals surface area contributed by atoms with Crippen LogP contribution >= 0.6 is 11.6 Å². The van der Waals surface area contributed by atoms with Crippen molar-refractivity contribution in [3.8, 4) is 0 Å². The van der Waals surface area contributed by atoms with E-state index in [1.165, 1.54) is 0 Å². The predicted molar refractivity (Wildman–Crippen MR) is 97.2 cm³/mol. The summed E-state index contributed by atoms with van der Waals surface area (Å²) >= 11 is 5.85. The molecule has 128 valence electrons. The van der Waals surface area contributed by atoms with E-state index in [9.17, 15) is 9.59 Å². The summed E-state index contributed by atoms with van der Waals surface area (Å²) in [5.41, 5.74) is 1.49. The Labute approximate surface area is 151 Å². The molecule has 1 aliphatic rings.